The minimum atomic E-state index is 0.648. The van der Waals surface area contributed by atoms with Crippen LogP contribution in [0.2, 0.25) is 0 Å². The maximum absolute atomic E-state index is 5.50. The highest BCUT2D eigenvalue weighted by Gasteiger charge is 2.23. The molecule has 0 aliphatic heterocycles. The fraction of sp³-hybridized carbons (Fsp3) is 0. The molecule has 4 heteroatoms. The molecule has 4 nitrogen and oxygen atoms in total. The Labute approximate surface area is 368 Å². The second kappa shape index (κ2) is 13.4. The Morgan fingerprint density at radius 3 is 1.70 bits per heavy atom. The standard InChI is InChI=1S/C60H36N4/c1-2-16-41(17-3-1)63-54-26-10-7-20-45(54)47-30-28-38(36-57(47)63)37-29-33-56-52(35-37)46-21-8-11-27-55(46)64(56)60-61-53-25-9-6-22-51(53)59(62-60)40-15-12-14-39(34-40)42-31-32-50-44-19-5-4-18-43(44)49-24-13-23-48(42)58(49)50/h1-36H. The van der Waals surface area contributed by atoms with Crippen LogP contribution in [0.25, 0.3) is 133 Å². The lowest BCUT2D eigenvalue weighted by atomic mass is 9.93. The number of aromatic nitrogens is 4. The number of para-hydroxylation sites is 4. The topological polar surface area (TPSA) is 35.6 Å². The van der Waals surface area contributed by atoms with Crippen LogP contribution in [0, 0.1) is 0 Å². The van der Waals surface area contributed by atoms with Crippen LogP contribution in [0.1, 0.15) is 0 Å². The molecule has 0 atom stereocenters. The predicted molar refractivity (Wildman–Crippen MR) is 266 cm³/mol. The zero-order valence-corrected chi connectivity index (χ0v) is 34.6. The van der Waals surface area contributed by atoms with Crippen molar-refractivity contribution in [3.63, 3.8) is 0 Å². The van der Waals surface area contributed by atoms with E-state index in [1.165, 1.54) is 66.0 Å². The Bertz CT molecular complexity index is 4050. The van der Waals surface area contributed by atoms with Crippen molar-refractivity contribution in [2.45, 2.75) is 0 Å². The lowest BCUT2D eigenvalue weighted by molar-refractivity contribution is 1.01. The third-order valence-electron chi connectivity index (χ3n) is 13.5. The van der Waals surface area contributed by atoms with Crippen molar-refractivity contribution in [3.8, 4) is 67.4 Å². The van der Waals surface area contributed by atoms with Crippen molar-refractivity contribution in [2.24, 2.45) is 0 Å². The maximum Gasteiger partial charge on any atom is 0.235 e. The van der Waals surface area contributed by atoms with E-state index in [1.807, 2.05) is 0 Å². The molecule has 0 bridgehead atoms. The summed E-state index contributed by atoms with van der Waals surface area (Å²) in [5.41, 5.74) is 18.5. The van der Waals surface area contributed by atoms with Gasteiger partial charge in [-0.2, -0.15) is 0 Å². The first kappa shape index (κ1) is 35.0. The summed E-state index contributed by atoms with van der Waals surface area (Å²) in [4.78, 5) is 10.8. The number of rotatable bonds is 5. The van der Waals surface area contributed by atoms with Gasteiger partial charge in [-0.15, -0.1) is 0 Å². The van der Waals surface area contributed by atoms with Crippen molar-refractivity contribution in [3.05, 3.63) is 218 Å². The van der Waals surface area contributed by atoms with Crippen molar-refractivity contribution in [2.75, 3.05) is 0 Å². The number of benzene rings is 10. The van der Waals surface area contributed by atoms with E-state index in [0.29, 0.717) is 5.95 Å². The van der Waals surface area contributed by atoms with Gasteiger partial charge in [0.05, 0.1) is 33.3 Å². The zero-order valence-electron chi connectivity index (χ0n) is 34.6. The van der Waals surface area contributed by atoms with Crippen LogP contribution >= 0.6 is 0 Å². The molecule has 0 radical (unpaired) electrons. The van der Waals surface area contributed by atoms with E-state index in [-0.39, 0.29) is 0 Å². The lowest BCUT2D eigenvalue weighted by Gasteiger charge is -2.14. The van der Waals surface area contributed by atoms with Crippen molar-refractivity contribution < 1.29 is 0 Å². The van der Waals surface area contributed by atoms with Gasteiger partial charge in [0.15, 0.2) is 0 Å². The van der Waals surface area contributed by atoms with Gasteiger partial charge in [-0.25, -0.2) is 9.97 Å². The van der Waals surface area contributed by atoms with Crippen LogP contribution in [-0.4, -0.2) is 19.1 Å². The van der Waals surface area contributed by atoms with Gasteiger partial charge in [0.25, 0.3) is 0 Å². The summed E-state index contributed by atoms with van der Waals surface area (Å²) < 4.78 is 4.63. The van der Waals surface area contributed by atoms with Crippen LogP contribution in [0.4, 0.5) is 0 Å². The van der Waals surface area contributed by atoms with E-state index in [4.69, 9.17) is 9.97 Å². The summed E-state index contributed by atoms with van der Waals surface area (Å²) >= 11 is 0. The summed E-state index contributed by atoms with van der Waals surface area (Å²) in [5, 5.41) is 8.42. The van der Waals surface area contributed by atoms with E-state index in [9.17, 15) is 0 Å². The molecule has 0 saturated heterocycles. The molecule has 0 saturated carbocycles. The van der Waals surface area contributed by atoms with Crippen LogP contribution < -0.4 is 0 Å². The molecule has 1 aliphatic rings. The third-order valence-corrected chi connectivity index (χ3v) is 13.5. The highest BCUT2D eigenvalue weighted by atomic mass is 15.2. The van der Waals surface area contributed by atoms with Gasteiger partial charge in [-0.3, -0.25) is 4.57 Å². The number of hydrogen-bond acceptors (Lipinski definition) is 2. The molecular formula is C60H36N4. The molecule has 296 valence electrons. The van der Waals surface area contributed by atoms with Crippen molar-refractivity contribution in [1.82, 2.24) is 19.1 Å². The Morgan fingerprint density at radius 2 is 0.859 bits per heavy atom. The largest absolute Gasteiger partial charge is 0.309 e. The lowest BCUT2D eigenvalue weighted by Crippen LogP contribution is -2.03. The van der Waals surface area contributed by atoms with Gasteiger partial charge >= 0.3 is 0 Å². The second-order valence-corrected chi connectivity index (χ2v) is 16.9. The smallest absolute Gasteiger partial charge is 0.235 e. The molecule has 0 spiro atoms. The molecule has 0 N–H and O–H groups in total. The third kappa shape index (κ3) is 5.05. The molecule has 3 heterocycles. The quantitative estimate of drug-likeness (QED) is 0.174. The van der Waals surface area contributed by atoms with E-state index < -0.39 is 0 Å². The summed E-state index contributed by atoms with van der Waals surface area (Å²) in [6.45, 7) is 0. The summed E-state index contributed by atoms with van der Waals surface area (Å²) in [5.74, 6) is 0.648. The van der Waals surface area contributed by atoms with E-state index >= 15 is 0 Å². The molecule has 64 heavy (non-hydrogen) atoms. The molecule has 10 aromatic carbocycles. The number of nitrogens with zero attached hydrogens (tertiary/aromatic N) is 4. The first-order valence-corrected chi connectivity index (χ1v) is 21.9. The molecular weight excluding hydrogens is 777 g/mol. The normalized spacial score (nSPS) is 12.1. The summed E-state index contributed by atoms with van der Waals surface area (Å²) in [7, 11) is 0. The van der Waals surface area contributed by atoms with Crippen LogP contribution in [0.3, 0.4) is 0 Å². The highest BCUT2D eigenvalue weighted by Crippen LogP contribution is 2.49. The Kier molecular flexibility index (Phi) is 7.36. The van der Waals surface area contributed by atoms with Gasteiger partial charge in [-0.1, -0.05) is 164 Å². The minimum Gasteiger partial charge on any atom is -0.309 e. The van der Waals surface area contributed by atoms with Gasteiger partial charge in [0, 0.05) is 38.2 Å². The molecule has 1 aliphatic carbocycles. The monoisotopic (exact) mass is 812 g/mol. The molecule has 3 aromatic heterocycles. The van der Waals surface area contributed by atoms with Crippen LogP contribution in [0.15, 0.2) is 218 Å². The highest BCUT2D eigenvalue weighted by molar-refractivity contribution is 6.19. The average molecular weight is 813 g/mol. The SMILES string of the molecule is c1ccc(-n2c3ccccc3c3ccc(-c4ccc5c(c4)c4ccccc4n5-c4nc(-c5cccc(-c6ccc7c8c(cccc68)-c6ccccc6-7)c5)c5ccccc5n4)cc32)cc1. The first-order chi connectivity index (χ1) is 31.7. The molecule has 13 aromatic rings. The fourth-order valence-corrected chi connectivity index (χ4v) is 10.7. The molecule has 0 unspecified atom stereocenters. The van der Waals surface area contributed by atoms with Gasteiger partial charge in [0.1, 0.15) is 0 Å². The fourth-order valence-electron chi connectivity index (χ4n) is 10.7. The average Bonchev–Trinajstić information content (AvgIpc) is 4.00. The molecule has 0 amide bonds. The van der Waals surface area contributed by atoms with Crippen LogP contribution in [0.5, 0.6) is 0 Å². The number of hydrogen-bond donors (Lipinski definition) is 0. The van der Waals surface area contributed by atoms with E-state index in [1.54, 1.807) is 0 Å². The first-order valence-electron chi connectivity index (χ1n) is 21.9. The summed E-state index contributed by atoms with van der Waals surface area (Å²) in [6.07, 6.45) is 0. The zero-order chi connectivity index (χ0) is 41.9. The molecule has 0 fully saturated rings. The van der Waals surface area contributed by atoms with Gasteiger partial charge in [-0.05, 0) is 110 Å². The minimum absolute atomic E-state index is 0.648. The summed E-state index contributed by atoms with van der Waals surface area (Å²) in [6, 6.07) is 79.1. The van der Waals surface area contributed by atoms with E-state index in [0.717, 1.165) is 60.8 Å². The van der Waals surface area contributed by atoms with Crippen molar-refractivity contribution >= 4 is 65.3 Å². The van der Waals surface area contributed by atoms with Gasteiger partial charge in [0.2, 0.25) is 5.95 Å². The molecule has 14 rings (SSSR count). The Morgan fingerprint density at radius 1 is 0.281 bits per heavy atom. The Hall–Kier alpha value is -8.60. The van der Waals surface area contributed by atoms with E-state index in [2.05, 4.69) is 228 Å². The second-order valence-electron chi connectivity index (χ2n) is 16.9. The van der Waals surface area contributed by atoms with Crippen LogP contribution in [-0.2, 0) is 0 Å². The van der Waals surface area contributed by atoms with Crippen molar-refractivity contribution in [1.29, 1.82) is 0 Å². The number of fused-ring (bicyclic) bond motifs is 10. The maximum atomic E-state index is 5.50. The van der Waals surface area contributed by atoms with Gasteiger partial charge < -0.3 is 4.57 Å². The Balaban J connectivity index is 0.925. The predicted octanol–water partition coefficient (Wildman–Crippen LogP) is 15.6.